The van der Waals surface area contributed by atoms with E-state index in [4.69, 9.17) is 23.9 Å². The number of aliphatic hydroxyl groups is 2. The zero-order valence-electron chi connectivity index (χ0n) is 19.7. The first kappa shape index (κ1) is 26.0. The maximum absolute atomic E-state index is 13.6. The molecule has 4 rings (SSSR count). The minimum Gasteiger partial charge on any atom is -0.468 e. The van der Waals surface area contributed by atoms with Gasteiger partial charge in [-0.25, -0.2) is 14.5 Å². The Morgan fingerprint density at radius 2 is 2.06 bits per heavy atom. The van der Waals surface area contributed by atoms with Gasteiger partial charge in [-0.15, -0.1) is 0 Å². The lowest BCUT2D eigenvalue weighted by atomic mass is 9.89. The molecule has 0 amide bonds. The van der Waals surface area contributed by atoms with Gasteiger partial charge in [0, 0.05) is 5.56 Å². The summed E-state index contributed by atoms with van der Waals surface area (Å²) in [5.41, 5.74) is 4.88. The first-order valence-corrected chi connectivity index (χ1v) is 12.5. The van der Waals surface area contributed by atoms with Crippen LogP contribution in [0.1, 0.15) is 25.5 Å². The number of aromatic nitrogens is 2. The van der Waals surface area contributed by atoms with Gasteiger partial charge < -0.3 is 34.4 Å². The second-order valence-electron chi connectivity index (χ2n) is 8.42. The fourth-order valence-electron chi connectivity index (χ4n) is 3.86. The Balaban J connectivity index is 1.55. The number of hydrogen-bond acceptors (Lipinski definition) is 12. The molecule has 0 aliphatic carbocycles. The van der Waals surface area contributed by atoms with Gasteiger partial charge in [0.2, 0.25) is 0 Å². The first-order valence-electron chi connectivity index (χ1n) is 10.9. The highest BCUT2D eigenvalue weighted by atomic mass is 31.2. The topological polar surface area (TPSA) is 188 Å². The molecule has 5 N–H and O–H groups in total. The maximum atomic E-state index is 13.6. The van der Waals surface area contributed by atoms with Crippen molar-refractivity contribution in [2.45, 2.75) is 43.8 Å². The van der Waals surface area contributed by atoms with Gasteiger partial charge in [-0.1, -0.05) is 18.2 Å². The van der Waals surface area contributed by atoms with E-state index in [2.05, 4.69) is 19.8 Å². The number of carbonyl (C=O) groups is 1. The summed E-state index contributed by atoms with van der Waals surface area (Å²) in [6.07, 6.45) is -1.14. The summed E-state index contributed by atoms with van der Waals surface area (Å²) in [4.78, 5) is 19.9. The highest BCUT2D eigenvalue weighted by Crippen LogP contribution is 2.48. The monoisotopic (exact) mass is 522 g/mol. The number of hydrogen-bond donors (Lipinski definition) is 4. The van der Waals surface area contributed by atoms with Crippen LogP contribution in [-0.2, 0) is 23.4 Å². The minimum atomic E-state index is -4.19. The SMILES string of the molecule is COC(=O)C(C)NP(=O)(OC[C@H]1O[C@@H](c2coc3c(N)ncnc23)[C@](C)(O)[C@@H]1O)Oc1ccccc1. The largest absolute Gasteiger partial charge is 0.468 e. The number of nitrogens with one attached hydrogen (secondary N) is 1. The third-order valence-electron chi connectivity index (χ3n) is 5.77. The molecule has 0 spiro atoms. The minimum absolute atomic E-state index is 0.106. The van der Waals surface area contributed by atoms with E-state index in [9.17, 15) is 19.6 Å². The lowest BCUT2D eigenvalue weighted by Crippen LogP contribution is -2.43. The maximum Gasteiger partial charge on any atom is 0.459 e. The fourth-order valence-corrected chi connectivity index (χ4v) is 5.36. The molecule has 1 fully saturated rings. The normalized spacial score (nSPS) is 26.4. The summed E-state index contributed by atoms with van der Waals surface area (Å²) in [7, 11) is -3.00. The van der Waals surface area contributed by atoms with Crippen LogP contribution < -0.4 is 15.3 Å². The smallest absolute Gasteiger partial charge is 0.459 e. The van der Waals surface area contributed by atoms with Gasteiger partial charge in [-0.05, 0) is 26.0 Å². The number of carbonyl (C=O) groups excluding carboxylic acids is 1. The standard InChI is InChI=1S/C22H27N4O9P/c1-12(21(28)31-3)26-36(30,35-13-7-5-4-6-8-13)33-10-15-18(27)22(2,29)19(34-15)14-9-32-17-16(14)24-11-25-20(17)23/h4-9,11-12,15,18-19,27,29H,10H2,1-3H3,(H,26,30)(H2,23,24,25)/t12?,15-,18-,19+,22-,36?/m1/s1. The van der Waals surface area contributed by atoms with Crippen LogP contribution in [0.15, 0.2) is 47.3 Å². The Hall–Kier alpha value is -3.06. The molecule has 0 saturated carbocycles. The predicted octanol–water partition coefficient (Wildman–Crippen LogP) is 1.71. The zero-order valence-corrected chi connectivity index (χ0v) is 20.6. The molecule has 2 aromatic heterocycles. The van der Waals surface area contributed by atoms with Gasteiger partial charge in [0.15, 0.2) is 11.4 Å². The quantitative estimate of drug-likeness (QED) is 0.235. The molecule has 194 valence electrons. The lowest BCUT2D eigenvalue weighted by molar-refractivity contribution is -0.142. The highest BCUT2D eigenvalue weighted by molar-refractivity contribution is 7.52. The van der Waals surface area contributed by atoms with E-state index in [0.29, 0.717) is 11.1 Å². The average Bonchev–Trinajstić information content (AvgIpc) is 3.37. The van der Waals surface area contributed by atoms with Crippen molar-refractivity contribution in [2.75, 3.05) is 19.5 Å². The van der Waals surface area contributed by atoms with Crippen molar-refractivity contribution < 1.29 is 42.5 Å². The molecule has 0 bridgehead atoms. The predicted molar refractivity (Wildman–Crippen MR) is 126 cm³/mol. The molecule has 14 heteroatoms. The molecule has 1 aromatic carbocycles. The number of fused-ring (bicyclic) bond motifs is 1. The molecular weight excluding hydrogens is 495 g/mol. The number of nitrogens with zero attached hydrogens (tertiary/aromatic N) is 2. The number of rotatable bonds is 9. The molecule has 3 heterocycles. The molecule has 0 radical (unpaired) electrons. The van der Waals surface area contributed by atoms with Gasteiger partial charge in [0.25, 0.3) is 0 Å². The van der Waals surface area contributed by atoms with E-state index in [0.717, 1.165) is 0 Å². The van der Waals surface area contributed by atoms with E-state index < -0.39 is 50.3 Å². The van der Waals surface area contributed by atoms with E-state index in [1.54, 1.807) is 30.3 Å². The molecule has 3 aromatic rings. The number of methoxy groups -OCH3 is 1. The van der Waals surface area contributed by atoms with Crippen molar-refractivity contribution in [1.82, 2.24) is 15.1 Å². The summed E-state index contributed by atoms with van der Waals surface area (Å²) >= 11 is 0. The number of ether oxygens (including phenoxy) is 2. The number of benzene rings is 1. The second-order valence-corrected chi connectivity index (χ2v) is 10.1. The van der Waals surface area contributed by atoms with Gasteiger partial charge in [0.1, 0.15) is 47.5 Å². The Bertz CT molecular complexity index is 1270. The third-order valence-corrected chi connectivity index (χ3v) is 7.41. The number of anilines is 1. The Morgan fingerprint density at radius 1 is 1.33 bits per heavy atom. The van der Waals surface area contributed by atoms with Crippen LogP contribution in [0.25, 0.3) is 11.1 Å². The molecule has 13 nitrogen and oxygen atoms in total. The van der Waals surface area contributed by atoms with Crippen LogP contribution in [0, 0.1) is 0 Å². The average molecular weight is 522 g/mol. The van der Waals surface area contributed by atoms with Crippen LogP contribution in [0.3, 0.4) is 0 Å². The highest BCUT2D eigenvalue weighted by Gasteiger charge is 2.54. The van der Waals surface area contributed by atoms with E-state index in [1.165, 1.54) is 33.5 Å². The summed E-state index contributed by atoms with van der Waals surface area (Å²) in [6.45, 7) is 2.34. The van der Waals surface area contributed by atoms with Crippen LogP contribution in [-0.4, -0.2) is 63.7 Å². The van der Waals surface area contributed by atoms with Crippen molar-refractivity contribution in [3.05, 3.63) is 48.5 Å². The number of para-hydroxylation sites is 1. The molecular formula is C22H27N4O9P. The first-order chi connectivity index (χ1) is 17.1. The van der Waals surface area contributed by atoms with Crippen molar-refractivity contribution in [2.24, 2.45) is 0 Å². The molecule has 2 unspecified atom stereocenters. The van der Waals surface area contributed by atoms with Crippen molar-refractivity contribution in [1.29, 1.82) is 0 Å². The van der Waals surface area contributed by atoms with E-state index in [-0.39, 0.29) is 17.2 Å². The number of aliphatic hydroxyl groups excluding tert-OH is 1. The Labute approximate surface area is 206 Å². The van der Waals surface area contributed by atoms with Gasteiger partial charge in [-0.3, -0.25) is 9.32 Å². The number of nitrogen functional groups attached to an aromatic ring is 1. The zero-order chi connectivity index (χ0) is 26.1. The van der Waals surface area contributed by atoms with E-state index >= 15 is 0 Å². The number of furan rings is 1. The van der Waals surface area contributed by atoms with Crippen LogP contribution >= 0.6 is 7.75 Å². The summed E-state index contributed by atoms with van der Waals surface area (Å²) in [5.74, 6) is -0.372. The van der Waals surface area contributed by atoms with Crippen molar-refractivity contribution in [3.63, 3.8) is 0 Å². The van der Waals surface area contributed by atoms with Crippen molar-refractivity contribution in [3.8, 4) is 5.75 Å². The third kappa shape index (κ3) is 5.07. The molecule has 1 saturated heterocycles. The summed E-state index contributed by atoms with van der Waals surface area (Å²) < 4.78 is 40.7. The Kier molecular flexibility index (Phi) is 7.32. The second kappa shape index (κ2) is 10.1. The Morgan fingerprint density at radius 3 is 2.75 bits per heavy atom. The molecule has 1 aliphatic rings. The number of esters is 1. The van der Waals surface area contributed by atoms with E-state index in [1.807, 2.05) is 0 Å². The van der Waals surface area contributed by atoms with Gasteiger partial charge in [-0.2, -0.15) is 5.09 Å². The summed E-state index contributed by atoms with van der Waals surface area (Å²) in [5, 5.41) is 24.4. The number of nitrogens with two attached hydrogens (primary N) is 1. The van der Waals surface area contributed by atoms with Crippen molar-refractivity contribution >= 4 is 30.6 Å². The van der Waals surface area contributed by atoms with Gasteiger partial charge in [0.05, 0.1) is 20.0 Å². The molecule has 1 aliphatic heterocycles. The van der Waals surface area contributed by atoms with Crippen LogP contribution in [0.4, 0.5) is 5.82 Å². The fraction of sp³-hybridized carbons (Fsp3) is 0.409. The lowest BCUT2D eigenvalue weighted by Gasteiger charge is -2.26. The summed E-state index contributed by atoms with van der Waals surface area (Å²) in [6, 6.07) is 7.14. The van der Waals surface area contributed by atoms with Crippen LogP contribution in [0.5, 0.6) is 5.75 Å². The molecule has 6 atom stereocenters. The van der Waals surface area contributed by atoms with Gasteiger partial charge >= 0.3 is 13.7 Å². The molecule has 36 heavy (non-hydrogen) atoms. The van der Waals surface area contributed by atoms with Crippen LogP contribution in [0.2, 0.25) is 0 Å².